The van der Waals surface area contributed by atoms with Gasteiger partial charge in [-0.1, -0.05) is 12.1 Å². The van der Waals surface area contributed by atoms with E-state index in [9.17, 15) is 22.8 Å². The van der Waals surface area contributed by atoms with Crippen molar-refractivity contribution in [3.8, 4) is 0 Å². The van der Waals surface area contributed by atoms with E-state index >= 15 is 0 Å². The predicted octanol–water partition coefficient (Wildman–Crippen LogP) is 3.66. The molecule has 0 spiro atoms. The van der Waals surface area contributed by atoms with Gasteiger partial charge in [0.2, 0.25) is 0 Å². The van der Waals surface area contributed by atoms with Crippen LogP contribution in [0.4, 0.5) is 13.2 Å². The van der Waals surface area contributed by atoms with Crippen LogP contribution in [-0.4, -0.2) is 17.0 Å². The van der Waals surface area contributed by atoms with Gasteiger partial charge in [0.15, 0.2) is 0 Å². The largest absolute Gasteiger partial charge is 0.478 e. The quantitative estimate of drug-likeness (QED) is 0.677. The second-order valence-corrected chi connectivity index (χ2v) is 5.48. The normalized spacial score (nSPS) is 17.3. The van der Waals surface area contributed by atoms with Gasteiger partial charge in [0.25, 0.3) is 0 Å². The van der Waals surface area contributed by atoms with E-state index in [2.05, 4.69) is 0 Å². The van der Waals surface area contributed by atoms with Crippen LogP contribution < -0.4 is 0 Å². The first-order chi connectivity index (χ1) is 10.6. The van der Waals surface area contributed by atoms with Crippen LogP contribution in [0.3, 0.4) is 0 Å². The van der Waals surface area contributed by atoms with Crippen molar-refractivity contribution in [3.05, 3.63) is 47.0 Å². The number of aliphatic carboxylic acids is 1. The molecule has 0 amide bonds. The number of esters is 1. The molecule has 0 unspecified atom stereocenters. The SMILES string of the molecule is CC(=CC(=O)O)C(=O)OC1(c2ccc(C(F)(F)F)cc2)CCC1. The second kappa shape index (κ2) is 6.06. The van der Waals surface area contributed by atoms with E-state index in [1.165, 1.54) is 19.1 Å². The van der Waals surface area contributed by atoms with E-state index in [1.807, 2.05) is 0 Å². The number of carboxylic acids is 1. The lowest BCUT2D eigenvalue weighted by molar-refractivity contribution is -0.167. The van der Waals surface area contributed by atoms with E-state index in [0.29, 0.717) is 18.4 Å². The highest BCUT2D eigenvalue weighted by atomic mass is 19.4. The minimum atomic E-state index is -4.43. The highest BCUT2D eigenvalue weighted by Gasteiger charge is 2.43. The van der Waals surface area contributed by atoms with Crippen LogP contribution >= 0.6 is 0 Å². The summed E-state index contributed by atoms with van der Waals surface area (Å²) >= 11 is 0. The van der Waals surface area contributed by atoms with Crippen molar-refractivity contribution >= 4 is 11.9 Å². The van der Waals surface area contributed by atoms with Crippen LogP contribution in [0.5, 0.6) is 0 Å². The van der Waals surface area contributed by atoms with Gasteiger partial charge < -0.3 is 9.84 Å². The van der Waals surface area contributed by atoms with Gasteiger partial charge in [-0.3, -0.25) is 0 Å². The van der Waals surface area contributed by atoms with Crippen molar-refractivity contribution in [3.63, 3.8) is 0 Å². The van der Waals surface area contributed by atoms with Crippen LogP contribution in [0.15, 0.2) is 35.9 Å². The Bertz CT molecular complexity index is 640. The molecule has 2 rings (SSSR count). The molecule has 0 radical (unpaired) electrons. The standard InChI is InChI=1S/C16H15F3O4/c1-10(9-13(20)21)14(22)23-15(7-2-8-15)11-3-5-12(6-4-11)16(17,18)19/h3-6,9H,2,7-8H2,1H3,(H,20,21). The number of carbonyl (C=O) groups excluding carboxylic acids is 1. The van der Waals surface area contributed by atoms with Gasteiger partial charge in [-0.15, -0.1) is 0 Å². The van der Waals surface area contributed by atoms with E-state index in [1.54, 1.807) is 0 Å². The summed E-state index contributed by atoms with van der Waals surface area (Å²) < 4.78 is 43.2. The lowest BCUT2D eigenvalue weighted by Gasteiger charge is -2.41. The average molecular weight is 328 g/mol. The Morgan fingerprint density at radius 2 is 1.78 bits per heavy atom. The molecule has 0 saturated heterocycles. The summed E-state index contributed by atoms with van der Waals surface area (Å²) in [5.41, 5.74) is -1.35. The fourth-order valence-corrected chi connectivity index (χ4v) is 2.41. The molecule has 4 nitrogen and oxygen atoms in total. The summed E-state index contributed by atoms with van der Waals surface area (Å²) in [6, 6.07) is 4.49. The number of rotatable bonds is 4. The highest BCUT2D eigenvalue weighted by Crippen LogP contribution is 2.45. The van der Waals surface area contributed by atoms with Crippen molar-refractivity contribution in [2.24, 2.45) is 0 Å². The van der Waals surface area contributed by atoms with Crippen LogP contribution in [0.25, 0.3) is 0 Å². The molecule has 1 aromatic rings. The minimum Gasteiger partial charge on any atom is -0.478 e. The number of hydrogen-bond donors (Lipinski definition) is 1. The zero-order valence-electron chi connectivity index (χ0n) is 12.3. The fraction of sp³-hybridized carbons (Fsp3) is 0.375. The molecule has 1 fully saturated rings. The Hall–Kier alpha value is -2.31. The number of hydrogen-bond acceptors (Lipinski definition) is 3. The zero-order valence-corrected chi connectivity index (χ0v) is 12.3. The molecule has 0 heterocycles. The van der Waals surface area contributed by atoms with Gasteiger partial charge in [-0.25, -0.2) is 9.59 Å². The third-order valence-corrected chi connectivity index (χ3v) is 3.85. The van der Waals surface area contributed by atoms with E-state index in [0.717, 1.165) is 24.6 Å². The lowest BCUT2D eigenvalue weighted by atomic mass is 9.74. The molecule has 0 aromatic heterocycles. The summed E-state index contributed by atoms with van der Waals surface area (Å²) in [5, 5.41) is 8.64. The minimum absolute atomic E-state index is 0.0734. The van der Waals surface area contributed by atoms with Crippen LogP contribution in [-0.2, 0) is 26.1 Å². The van der Waals surface area contributed by atoms with Gasteiger partial charge in [-0.2, -0.15) is 13.2 Å². The van der Waals surface area contributed by atoms with Gasteiger partial charge in [0, 0.05) is 11.6 Å². The first kappa shape index (κ1) is 17.1. The topological polar surface area (TPSA) is 63.6 Å². The van der Waals surface area contributed by atoms with Crippen LogP contribution in [0.2, 0.25) is 0 Å². The molecule has 1 saturated carbocycles. The predicted molar refractivity (Wildman–Crippen MR) is 74.5 cm³/mol. The molecule has 0 bridgehead atoms. The molecule has 0 aliphatic heterocycles. The molecular weight excluding hydrogens is 313 g/mol. The molecule has 1 N–H and O–H groups in total. The molecule has 124 valence electrons. The molecule has 7 heteroatoms. The fourth-order valence-electron chi connectivity index (χ4n) is 2.41. The molecule has 1 aliphatic carbocycles. The van der Waals surface area contributed by atoms with Crippen molar-refractivity contribution in [2.45, 2.75) is 38.0 Å². The molecular formula is C16H15F3O4. The van der Waals surface area contributed by atoms with Gasteiger partial charge in [0.05, 0.1) is 5.56 Å². The Morgan fingerprint density at radius 3 is 2.17 bits per heavy atom. The molecule has 1 aliphatic rings. The van der Waals surface area contributed by atoms with E-state index in [-0.39, 0.29) is 5.57 Å². The zero-order chi connectivity index (χ0) is 17.3. The van der Waals surface area contributed by atoms with E-state index < -0.39 is 29.3 Å². The summed E-state index contributed by atoms with van der Waals surface area (Å²) in [6.07, 6.45) is -1.94. The van der Waals surface area contributed by atoms with Crippen molar-refractivity contribution in [1.82, 2.24) is 0 Å². The Kier molecular flexibility index (Phi) is 4.49. The highest BCUT2D eigenvalue weighted by molar-refractivity contribution is 5.95. The van der Waals surface area contributed by atoms with Crippen molar-refractivity contribution < 1.29 is 32.6 Å². The maximum absolute atomic E-state index is 12.6. The number of carboxylic acid groups (broad SMARTS) is 1. The Morgan fingerprint density at radius 1 is 1.22 bits per heavy atom. The maximum atomic E-state index is 12.6. The van der Waals surface area contributed by atoms with Crippen LogP contribution in [0, 0.1) is 0 Å². The Balaban J connectivity index is 2.21. The third-order valence-electron chi connectivity index (χ3n) is 3.85. The van der Waals surface area contributed by atoms with E-state index in [4.69, 9.17) is 9.84 Å². The van der Waals surface area contributed by atoms with Gasteiger partial charge in [0.1, 0.15) is 5.60 Å². The lowest BCUT2D eigenvalue weighted by Crippen LogP contribution is -2.39. The summed E-state index contributed by atoms with van der Waals surface area (Å²) in [4.78, 5) is 22.5. The summed E-state index contributed by atoms with van der Waals surface area (Å²) in [5.74, 6) is -2.05. The van der Waals surface area contributed by atoms with Gasteiger partial charge >= 0.3 is 18.1 Å². The number of benzene rings is 1. The number of halogens is 3. The smallest absolute Gasteiger partial charge is 0.416 e. The third kappa shape index (κ3) is 3.72. The van der Waals surface area contributed by atoms with Crippen molar-refractivity contribution in [2.75, 3.05) is 0 Å². The number of alkyl halides is 3. The number of ether oxygens (including phenoxy) is 1. The number of carbonyl (C=O) groups is 2. The molecule has 23 heavy (non-hydrogen) atoms. The van der Waals surface area contributed by atoms with Crippen LogP contribution in [0.1, 0.15) is 37.3 Å². The first-order valence-electron chi connectivity index (χ1n) is 6.96. The first-order valence-corrected chi connectivity index (χ1v) is 6.96. The summed E-state index contributed by atoms with van der Waals surface area (Å²) in [6.45, 7) is 1.32. The monoisotopic (exact) mass is 328 g/mol. The van der Waals surface area contributed by atoms with Gasteiger partial charge in [-0.05, 0) is 43.9 Å². The van der Waals surface area contributed by atoms with Crippen molar-refractivity contribution in [1.29, 1.82) is 0 Å². The molecule has 1 aromatic carbocycles. The second-order valence-electron chi connectivity index (χ2n) is 5.48. The Labute approximate surface area is 130 Å². The average Bonchev–Trinajstić information content (AvgIpc) is 2.41. The summed E-state index contributed by atoms with van der Waals surface area (Å²) in [7, 11) is 0. The maximum Gasteiger partial charge on any atom is 0.416 e. The molecule has 0 atom stereocenters.